The fourth-order valence-corrected chi connectivity index (χ4v) is 2.68. The number of hydrogen-bond acceptors (Lipinski definition) is 4. The molecule has 6 heteroatoms. The molecule has 0 aliphatic heterocycles. The molecule has 0 bridgehead atoms. The summed E-state index contributed by atoms with van der Waals surface area (Å²) in [7, 11) is 0. The van der Waals surface area contributed by atoms with Gasteiger partial charge in [0.2, 0.25) is 5.91 Å². The molecule has 0 spiro atoms. The number of non-ortho nitro benzene ring substituents is 1. The maximum atomic E-state index is 12.0. The maximum absolute atomic E-state index is 12.0. The highest BCUT2D eigenvalue weighted by molar-refractivity contribution is 6.02. The Labute approximate surface area is 153 Å². The van der Waals surface area contributed by atoms with Crippen molar-refractivity contribution in [2.75, 3.05) is 16.8 Å². The van der Waals surface area contributed by atoms with Crippen LogP contribution in [0.4, 0.5) is 17.1 Å². The second-order valence-corrected chi connectivity index (χ2v) is 6.10. The van der Waals surface area contributed by atoms with E-state index >= 15 is 0 Å². The monoisotopic (exact) mass is 353 g/mol. The van der Waals surface area contributed by atoms with Crippen LogP contribution in [-0.2, 0) is 4.79 Å². The molecule has 0 fully saturated rings. The molecule has 0 atom stereocenters. The molecule has 0 radical (unpaired) electrons. The van der Waals surface area contributed by atoms with E-state index in [0.29, 0.717) is 17.3 Å². The zero-order valence-corrected chi connectivity index (χ0v) is 15.2. The van der Waals surface area contributed by atoms with Gasteiger partial charge in [0.05, 0.1) is 4.92 Å². The minimum Gasteiger partial charge on any atom is -0.369 e. The number of carbonyl (C=O) groups excluding carboxylic acids is 1. The summed E-state index contributed by atoms with van der Waals surface area (Å²) in [5, 5.41) is 13.6. The van der Waals surface area contributed by atoms with Crippen molar-refractivity contribution in [1.29, 1.82) is 0 Å². The lowest BCUT2D eigenvalue weighted by molar-refractivity contribution is -0.384. The van der Waals surface area contributed by atoms with E-state index < -0.39 is 4.92 Å². The number of nitro benzene ring substituents is 1. The first-order valence-electron chi connectivity index (χ1n) is 8.51. The summed E-state index contributed by atoms with van der Waals surface area (Å²) < 4.78 is 0. The van der Waals surface area contributed by atoms with Crippen LogP contribution in [0, 0.1) is 10.1 Å². The molecule has 0 aliphatic carbocycles. The van der Waals surface area contributed by atoms with Gasteiger partial charge in [0.25, 0.3) is 5.69 Å². The molecule has 0 saturated heterocycles. The van der Waals surface area contributed by atoms with E-state index in [1.807, 2.05) is 24.3 Å². The summed E-state index contributed by atoms with van der Waals surface area (Å²) in [5.41, 5.74) is 2.39. The van der Waals surface area contributed by atoms with Crippen molar-refractivity contribution in [3.63, 3.8) is 0 Å². The van der Waals surface area contributed by atoms with Crippen molar-refractivity contribution in [3.8, 4) is 0 Å². The van der Waals surface area contributed by atoms with Gasteiger partial charge in [-0.05, 0) is 56.7 Å². The summed E-state index contributed by atoms with van der Waals surface area (Å²) in [5.74, 6) is -0.291. The Balaban J connectivity index is 2.01. The number of nitro groups is 1. The molecule has 2 rings (SSSR count). The number of carbonyl (C=O) groups is 1. The van der Waals surface area contributed by atoms with Crippen molar-refractivity contribution in [2.45, 2.75) is 26.8 Å². The third-order valence-corrected chi connectivity index (χ3v) is 3.94. The number of anilines is 2. The van der Waals surface area contributed by atoms with E-state index in [9.17, 15) is 14.9 Å². The maximum Gasteiger partial charge on any atom is 0.270 e. The Bertz CT molecular complexity index is 798. The Kier molecular flexibility index (Phi) is 6.49. The molecule has 0 saturated carbocycles. The highest BCUT2D eigenvalue weighted by Gasteiger charge is 2.08. The molecular weight excluding hydrogens is 330 g/mol. The van der Waals surface area contributed by atoms with Crippen LogP contribution >= 0.6 is 0 Å². The predicted molar refractivity (Wildman–Crippen MR) is 105 cm³/mol. The van der Waals surface area contributed by atoms with Crippen LogP contribution < -0.4 is 10.2 Å². The molecule has 0 aliphatic rings. The number of nitrogens with one attached hydrogen (secondary N) is 1. The lowest BCUT2D eigenvalue weighted by Crippen LogP contribution is -2.30. The quantitative estimate of drug-likeness (QED) is 0.452. The first-order chi connectivity index (χ1) is 12.4. The molecular formula is C20H23N3O3. The van der Waals surface area contributed by atoms with E-state index in [2.05, 4.69) is 31.0 Å². The predicted octanol–water partition coefficient (Wildman–Crippen LogP) is 4.48. The van der Waals surface area contributed by atoms with Crippen molar-refractivity contribution in [1.82, 2.24) is 0 Å². The van der Waals surface area contributed by atoms with Crippen LogP contribution in [-0.4, -0.2) is 23.4 Å². The summed E-state index contributed by atoms with van der Waals surface area (Å²) >= 11 is 0. The van der Waals surface area contributed by atoms with Gasteiger partial charge in [0, 0.05) is 42.2 Å². The number of benzene rings is 2. The van der Waals surface area contributed by atoms with Crippen LogP contribution in [0.25, 0.3) is 6.08 Å². The third-order valence-electron chi connectivity index (χ3n) is 3.94. The van der Waals surface area contributed by atoms with Crippen LogP contribution in [0.5, 0.6) is 0 Å². The Hall–Kier alpha value is -3.15. The average Bonchev–Trinajstić information content (AvgIpc) is 2.62. The van der Waals surface area contributed by atoms with Crippen LogP contribution in [0.2, 0.25) is 0 Å². The Morgan fingerprint density at radius 2 is 1.92 bits per heavy atom. The minimum atomic E-state index is -0.463. The number of rotatable bonds is 7. The summed E-state index contributed by atoms with van der Waals surface area (Å²) in [6, 6.07) is 14.2. The second-order valence-electron chi connectivity index (χ2n) is 6.10. The van der Waals surface area contributed by atoms with Crippen molar-refractivity contribution >= 4 is 29.0 Å². The summed E-state index contributed by atoms with van der Waals surface area (Å²) in [6.45, 7) is 7.29. The van der Waals surface area contributed by atoms with Gasteiger partial charge in [-0.25, -0.2) is 0 Å². The molecule has 0 aromatic heterocycles. The van der Waals surface area contributed by atoms with Gasteiger partial charge in [-0.15, -0.1) is 0 Å². The number of amides is 1. The van der Waals surface area contributed by atoms with Crippen molar-refractivity contribution in [3.05, 3.63) is 70.3 Å². The Morgan fingerprint density at radius 3 is 2.50 bits per heavy atom. The molecule has 0 heterocycles. The highest BCUT2D eigenvalue weighted by atomic mass is 16.6. The van der Waals surface area contributed by atoms with E-state index in [4.69, 9.17) is 0 Å². The minimum absolute atomic E-state index is 0.00576. The molecule has 2 aromatic rings. The van der Waals surface area contributed by atoms with Gasteiger partial charge in [0.1, 0.15) is 0 Å². The van der Waals surface area contributed by atoms with Crippen LogP contribution in [0.3, 0.4) is 0 Å². The number of nitrogens with zero attached hydrogens (tertiary/aromatic N) is 2. The van der Waals surface area contributed by atoms with Gasteiger partial charge < -0.3 is 10.2 Å². The first-order valence-corrected chi connectivity index (χ1v) is 8.51. The van der Waals surface area contributed by atoms with Gasteiger partial charge in [-0.1, -0.05) is 12.1 Å². The second kappa shape index (κ2) is 8.80. The lowest BCUT2D eigenvalue weighted by Gasteiger charge is -2.27. The average molecular weight is 353 g/mol. The Morgan fingerprint density at radius 1 is 1.23 bits per heavy atom. The standard InChI is InChI=1S/C20H23N3O3/c1-4-22(15(2)3)18-11-9-17(10-12-18)21-20(24)13-8-16-6-5-7-19(14-16)23(25)26/h5-15H,4H2,1-3H3,(H,21,24)/b13-8+. The topological polar surface area (TPSA) is 75.5 Å². The summed E-state index contributed by atoms with van der Waals surface area (Å²) in [6.07, 6.45) is 2.91. The molecule has 26 heavy (non-hydrogen) atoms. The van der Waals surface area contributed by atoms with Gasteiger partial charge in [-0.2, -0.15) is 0 Å². The van der Waals surface area contributed by atoms with E-state index in [-0.39, 0.29) is 11.6 Å². The molecule has 1 N–H and O–H groups in total. The smallest absolute Gasteiger partial charge is 0.270 e. The fourth-order valence-electron chi connectivity index (χ4n) is 2.68. The highest BCUT2D eigenvalue weighted by Crippen LogP contribution is 2.20. The largest absolute Gasteiger partial charge is 0.369 e. The summed E-state index contributed by atoms with van der Waals surface area (Å²) in [4.78, 5) is 24.6. The van der Waals surface area contributed by atoms with E-state index in [1.165, 1.54) is 18.2 Å². The lowest BCUT2D eigenvalue weighted by atomic mass is 10.2. The van der Waals surface area contributed by atoms with E-state index in [1.54, 1.807) is 18.2 Å². The molecule has 0 unspecified atom stereocenters. The normalized spacial score (nSPS) is 10.9. The van der Waals surface area contributed by atoms with Crippen LogP contribution in [0.1, 0.15) is 26.3 Å². The van der Waals surface area contributed by atoms with Gasteiger partial charge in [-0.3, -0.25) is 14.9 Å². The third kappa shape index (κ3) is 5.17. The van der Waals surface area contributed by atoms with Crippen LogP contribution in [0.15, 0.2) is 54.6 Å². The van der Waals surface area contributed by atoms with Gasteiger partial charge >= 0.3 is 0 Å². The number of hydrogen-bond donors (Lipinski definition) is 1. The first kappa shape index (κ1) is 19.2. The van der Waals surface area contributed by atoms with Gasteiger partial charge in [0.15, 0.2) is 0 Å². The SMILES string of the molecule is CCN(c1ccc(NC(=O)/C=C/c2cccc([N+](=O)[O-])c2)cc1)C(C)C. The zero-order chi connectivity index (χ0) is 19.1. The van der Waals surface area contributed by atoms with Crippen molar-refractivity contribution < 1.29 is 9.72 Å². The molecule has 6 nitrogen and oxygen atoms in total. The fraction of sp³-hybridized carbons (Fsp3) is 0.250. The molecule has 2 aromatic carbocycles. The molecule has 1 amide bonds. The van der Waals surface area contributed by atoms with E-state index in [0.717, 1.165) is 12.2 Å². The van der Waals surface area contributed by atoms with Crippen molar-refractivity contribution in [2.24, 2.45) is 0 Å². The zero-order valence-electron chi connectivity index (χ0n) is 15.2. The molecule has 136 valence electrons.